The molecule has 0 aliphatic heterocycles. The van der Waals surface area contributed by atoms with Crippen LogP contribution in [0.5, 0.6) is 11.5 Å². The number of benzene rings is 1. The van der Waals surface area contributed by atoms with E-state index < -0.39 is 0 Å². The van der Waals surface area contributed by atoms with Crippen LogP contribution in [0, 0.1) is 13.8 Å². The number of ether oxygens (including phenoxy) is 1. The molecule has 0 aliphatic rings. The van der Waals surface area contributed by atoms with Gasteiger partial charge in [0.05, 0.1) is 0 Å². The van der Waals surface area contributed by atoms with Crippen molar-refractivity contribution < 1.29 is 14.6 Å². The first kappa shape index (κ1) is 13.0. The van der Waals surface area contributed by atoms with Crippen molar-refractivity contribution in [2.24, 2.45) is 0 Å². The first-order valence-electron chi connectivity index (χ1n) is 5.11. The van der Waals surface area contributed by atoms with E-state index in [0.717, 1.165) is 22.9 Å². The molecule has 0 heterocycles. The van der Waals surface area contributed by atoms with Gasteiger partial charge in [0, 0.05) is 11.8 Å². The number of hydrogen-bond donors (Lipinski definition) is 1. The molecule has 4 heteroatoms. The van der Waals surface area contributed by atoms with Crippen molar-refractivity contribution in [1.29, 1.82) is 0 Å². The third-order valence-electron chi connectivity index (χ3n) is 2.13. The van der Waals surface area contributed by atoms with Gasteiger partial charge in [0.25, 0.3) is 0 Å². The van der Waals surface area contributed by atoms with Gasteiger partial charge in [-0.15, -0.1) is 0 Å². The van der Waals surface area contributed by atoms with Crippen molar-refractivity contribution in [3.8, 4) is 11.5 Å². The molecule has 0 unspecified atom stereocenters. The molecule has 0 radical (unpaired) electrons. The number of carbonyl (C=O) groups is 1. The van der Waals surface area contributed by atoms with Crippen LogP contribution in [-0.4, -0.2) is 16.4 Å². The van der Waals surface area contributed by atoms with E-state index in [1.165, 1.54) is 0 Å². The number of rotatable bonds is 4. The molecule has 0 atom stereocenters. The van der Waals surface area contributed by atoms with Crippen LogP contribution in [0.3, 0.4) is 0 Å². The number of hydrogen-bond acceptors (Lipinski definition) is 3. The smallest absolute Gasteiger partial charge is 0.311 e. The highest BCUT2D eigenvalue weighted by atomic mass is 79.9. The van der Waals surface area contributed by atoms with Gasteiger partial charge >= 0.3 is 5.97 Å². The Morgan fingerprint density at radius 1 is 1.44 bits per heavy atom. The molecule has 0 saturated carbocycles. The second-order valence-electron chi connectivity index (χ2n) is 3.70. The van der Waals surface area contributed by atoms with Crippen LogP contribution in [-0.2, 0) is 4.79 Å². The van der Waals surface area contributed by atoms with E-state index in [1.807, 2.05) is 13.0 Å². The summed E-state index contributed by atoms with van der Waals surface area (Å²) in [6.45, 7) is 3.68. The summed E-state index contributed by atoms with van der Waals surface area (Å²) in [6, 6.07) is 3.45. The predicted octanol–water partition coefficient (Wildman–Crippen LogP) is 3.09. The van der Waals surface area contributed by atoms with Crippen molar-refractivity contribution in [3.63, 3.8) is 0 Å². The number of aromatic hydroxyl groups is 1. The summed E-state index contributed by atoms with van der Waals surface area (Å²) < 4.78 is 5.12. The van der Waals surface area contributed by atoms with Crippen molar-refractivity contribution in [2.45, 2.75) is 26.7 Å². The molecule has 0 spiro atoms. The zero-order valence-corrected chi connectivity index (χ0v) is 11.0. The third-order valence-corrected chi connectivity index (χ3v) is 2.69. The minimum absolute atomic E-state index is 0.0182. The number of phenolic OH excluding ortho intramolecular Hbond substituents is 1. The first-order valence-corrected chi connectivity index (χ1v) is 6.23. The fraction of sp³-hybridized carbons (Fsp3) is 0.417. The SMILES string of the molecule is Cc1cc(C)c(OC(=O)CCCBr)c(O)c1. The number of alkyl halides is 1. The van der Waals surface area contributed by atoms with E-state index >= 15 is 0 Å². The maximum Gasteiger partial charge on any atom is 0.311 e. The molecule has 88 valence electrons. The summed E-state index contributed by atoms with van der Waals surface area (Å²) in [7, 11) is 0. The van der Waals surface area contributed by atoms with Crippen molar-refractivity contribution >= 4 is 21.9 Å². The van der Waals surface area contributed by atoms with Crippen LogP contribution in [0.15, 0.2) is 12.1 Å². The Morgan fingerprint density at radius 2 is 2.12 bits per heavy atom. The molecule has 1 rings (SSSR count). The van der Waals surface area contributed by atoms with Gasteiger partial charge in [-0.3, -0.25) is 4.79 Å². The number of aryl methyl sites for hydroxylation is 2. The minimum atomic E-state index is -0.318. The van der Waals surface area contributed by atoms with Gasteiger partial charge in [-0.1, -0.05) is 22.0 Å². The van der Waals surface area contributed by atoms with E-state index in [4.69, 9.17) is 4.74 Å². The molecule has 0 aliphatic carbocycles. The van der Waals surface area contributed by atoms with Gasteiger partial charge in [0.1, 0.15) is 0 Å². The fourth-order valence-corrected chi connectivity index (χ4v) is 1.72. The lowest BCUT2D eigenvalue weighted by molar-refractivity contribution is -0.134. The normalized spacial score (nSPS) is 10.2. The quantitative estimate of drug-likeness (QED) is 0.526. The van der Waals surface area contributed by atoms with Gasteiger partial charge in [-0.05, 0) is 37.5 Å². The monoisotopic (exact) mass is 286 g/mol. The zero-order chi connectivity index (χ0) is 12.1. The molecule has 3 nitrogen and oxygen atoms in total. The van der Waals surface area contributed by atoms with Crippen LogP contribution in [0.1, 0.15) is 24.0 Å². The Kier molecular flexibility index (Phi) is 4.80. The average molecular weight is 287 g/mol. The minimum Gasteiger partial charge on any atom is -0.504 e. The van der Waals surface area contributed by atoms with Crippen LogP contribution in [0.4, 0.5) is 0 Å². The topological polar surface area (TPSA) is 46.5 Å². The summed E-state index contributed by atoms with van der Waals surface area (Å²) in [4.78, 5) is 11.4. The van der Waals surface area contributed by atoms with E-state index in [0.29, 0.717) is 6.42 Å². The zero-order valence-electron chi connectivity index (χ0n) is 9.42. The van der Waals surface area contributed by atoms with E-state index in [1.54, 1.807) is 13.0 Å². The van der Waals surface area contributed by atoms with Crippen molar-refractivity contribution in [3.05, 3.63) is 23.3 Å². The summed E-state index contributed by atoms with van der Waals surface area (Å²) in [6.07, 6.45) is 1.07. The molecular formula is C12H15BrO3. The molecule has 0 aromatic heterocycles. The number of carbonyl (C=O) groups excluding carboxylic acids is 1. The highest BCUT2D eigenvalue weighted by Gasteiger charge is 2.11. The summed E-state index contributed by atoms with van der Waals surface area (Å²) in [5, 5.41) is 10.4. The van der Waals surface area contributed by atoms with Gasteiger partial charge < -0.3 is 9.84 Å². The number of halogens is 1. The third kappa shape index (κ3) is 3.52. The molecule has 1 aromatic carbocycles. The Bertz CT molecular complexity index is 365. The van der Waals surface area contributed by atoms with Crippen LogP contribution in [0.2, 0.25) is 0 Å². The fourth-order valence-electron chi connectivity index (χ4n) is 1.44. The average Bonchev–Trinajstić information content (AvgIpc) is 2.20. The maximum absolute atomic E-state index is 11.4. The highest BCUT2D eigenvalue weighted by molar-refractivity contribution is 9.09. The molecule has 0 amide bonds. The van der Waals surface area contributed by atoms with Crippen molar-refractivity contribution in [1.82, 2.24) is 0 Å². The summed E-state index contributed by atoms with van der Waals surface area (Å²) >= 11 is 3.24. The van der Waals surface area contributed by atoms with Gasteiger partial charge in [0.2, 0.25) is 0 Å². The van der Waals surface area contributed by atoms with Gasteiger partial charge in [-0.25, -0.2) is 0 Å². The molecule has 16 heavy (non-hydrogen) atoms. The second-order valence-corrected chi connectivity index (χ2v) is 4.49. The summed E-state index contributed by atoms with van der Waals surface area (Å²) in [5.41, 5.74) is 1.71. The summed E-state index contributed by atoms with van der Waals surface area (Å²) in [5.74, 6) is -0.0310. The Balaban J connectivity index is 2.77. The number of esters is 1. The Labute approximate surface area is 104 Å². The van der Waals surface area contributed by atoms with Crippen LogP contribution < -0.4 is 4.74 Å². The predicted molar refractivity (Wildman–Crippen MR) is 66.2 cm³/mol. The maximum atomic E-state index is 11.4. The Hall–Kier alpha value is -1.03. The molecular weight excluding hydrogens is 272 g/mol. The number of phenols is 1. The molecule has 1 N–H and O–H groups in total. The lowest BCUT2D eigenvalue weighted by Crippen LogP contribution is -2.09. The van der Waals surface area contributed by atoms with Crippen LogP contribution >= 0.6 is 15.9 Å². The molecule has 0 bridgehead atoms. The van der Waals surface area contributed by atoms with Gasteiger partial charge in [-0.2, -0.15) is 0 Å². The second kappa shape index (κ2) is 5.89. The highest BCUT2D eigenvalue weighted by Crippen LogP contribution is 2.31. The standard InChI is InChI=1S/C12H15BrO3/c1-8-6-9(2)12(10(14)7-8)16-11(15)4-3-5-13/h6-7,14H,3-5H2,1-2H3. The van der Waals surface area contributed by atoms with E-state index in [9.17, 15) is 9.90 Å². The Morgan fingerprint density at radius 3 is 2.69 bits per heavy atom. The molecule has 0 saturated heterocycles. The lowest BCUT2D eigenvalue weighted by atomic mass is 10.1. The van der Waals surface area contributed by atoms with E-state index in [2.05, 4.69) is 15.9 Å². The van der Waals surface area contributed by atoms with Gasteiger partial charge in [0.15, 0.2) is 11.5 Å². The molecule has 0 fully saturated rings. The largest absolute Gasteiger partial charge is 0.504 e. The first-order chi connectivity index (χ1) is 7.54. The van der Waals surface area contributed by atoms with Crippen molar-refractivity contribution in [2.75, 3.05) is 5.33 Å². The molecule has 1 aromatic rings. The lowest BCUT2D eigenvalue weighted by Gasteiger charge is -2.09. The van der Waals surface area contributed by atoms with Crippen LogP contribution in [0.25, 0.3) is 0 Å². The van der Waals surface area contributed by atoms with E-state index in [-0.39, 0.29) is 17.5 Å².